The van der Waals surface area contributed by atoms with Crippen molar-refractivity contribution < 1.29 is 29.0 Å². The molecule has 3 rings (SSSR count). The second kappa shape index (κ2) is 16.2. The Hall–Kier alpha value is -3.70. The number of hydrogen-bond acceptors (Lipinski definition) is 7. The average Bonchev–Trinajstić information content (AvgIpc) is 2.98. The van der Waals surface area contributed by atoms with Crippen LogP contribution in [0.25, 0.3) is 0 Å². The fourth-order valence-corrected chi connectivity index (χ4v) is 4.96. The van der Waals surface area contributed by atoms with Crippen LogP contribution in [0.5, 0.6) is 5.75 Å². The number of pyridine rings is 1. The van der Waals surface area contributed by atoms with Gasteiger partial charge in [0.15, 0.2) is 0 Å². The molecular weight excluding hydrogens is 550 g/mol. The summed E-state index contributed by atoms with van der Waals surface area (Å²) in [6, 6.07) is 7.45. The summed E-state index contributed by atoms with van der Waals surface area (Å²) in [5.74, 6) is -0.242. The normalized spacial score (nSPS) is 20.8. The number of likely N-dealkylation sites (N-methyl/N-ethyl adjacent to an activating group) is 1. The number of hydrogen-bond donors (Lipinski definition) is 3. The molecule has 11 nitrogen and oxygen atoms in total. The molecule has 4 atom stereocenters. The van der Waals surface area contributed by atoms with Gasteiger partial charge in [0.2, 0.25) is 0 Å². The van der Waals surface area contributed by atoms with E-state index in [1.54, 1.807) is 66.5 Å². The number of carbonyl (C=O) groups is 3. The Morgan fingerprint density at radius 2 is 1.86 bits per heavy atom. The van der Waals surface area contributed by atoms with E-state index in [9.17, 15) is 19.5 Å². The second-order valence-electron chi connectivity index (χ2n) is 11.7. The Kier molecular flexibility index (Phi) is 12.8. The van der Waals surface area contributed by atoms with Crippen LogP contribution in [0.3, 0.4) is 0 Å². The number of nitrogens with zero attached hydrogens (tertiary/aromatic N) is 3. The van der Waals surface area contributed by atoms with Gasteiger partial charge in [-0.15, -0.1) is 0 Å². The van der Waals surface area contributed by atoms with Crippen LogP contribution in [-0.2, 0) is 4.74 Å². The highest BCUT2D eigenvalue weighted by Gasteiger charge is 2.31. The fraction of sp³-hybridized carbons (Fsp3) is 0.562. The Morgan fingerprint density at radius 3 is 2.53 bits per heavy atom. The van der Waals surface area contributed by atoms with Gasteiger partial charge in [-0.2, -0.15) is 0 Å². The van der Waals surface area contributed by atoms with E-state index in [2.05, 4.69) is 15.6 Å². The van der Waals surface area contributed by atoms with Crippen molar-refractivity contribution in [2.75, 3.05) is 38.7 Å². The van der Waals surface area contributed by atoms with Crippen molar-refractivity contribution in [3.8, 4) is 5.75 Å². The first-order valence-electron chi connectivity index (χ1n) is 15.1. The van der Waals surface area contributed by atoms with Crippen LogP contribution >= 0.6 is 0 Å². The van der Waals surface area contributed by atoms with Gasteiger partial charge in [-0.3, -0.25) is 14.6 Å². The van der Waals surface area contributed by atoms with Crippen molar-refractivity contribution in [2.45, 2.75) is 78.2 Å². The van der Waals surface area contributed by atoms with E-state index in [-0.39, 0.29) is 55.2 Å². The first kappa shape index (κ1) is 33.8. The van der Waals surface area contributed by atoms with Gasteiger partial charge in [-0.1, -0.05) is 6.92 Å². The van der Waals surface area contributed by atoms with Gasteiger partial charge >= 0.3 is 6.03 Å². The minimum absolute atomic E-state index is 0.0558. The third-order valence-electron chi connectivity index (χ3n) is 7.46. The number of benzene rings is 1. The van der Waals surface area contributed by atoms with E-state index in [0.29, 0.717) is 35.7 Å². The molecule has 2 aromatic rings. The molecule has 0 saturated carbocycles. The highest BCUT2D eigenvalue weighted by atomic mass is 16.5. The Labute approximate surface area is 254 Å². The topological polar surface area (TPSA) is 133 Å². The highest BCUT2D eigenvalue weighted by molar-refractivity contribution is 5.99. The van der Waals surface area contributed by atoms with E-state index >= 15 is 0 Å². The van der Waals surface area contributed by atoms with Crippen LogP contribution in [-0.4, -0.2) is 95.4 Å². The maximum Gasteiger partial charge on any atom is 0.319 e. The van der Waals surface area contributed by atoms with E-state index < -0.39 is 6.04 Å². The maximum absolute atomic E-state index is 14.2. The summed E-state index contributed by atoms with van der Waals surface area (Å²) in [4.78, 5) is 46.9. The summed E-state index contributed by atoms with van der Waals surface area (Å²) in [6.07, 6.45) is 5.07. The van der Waals surface area contributed by atoms with Gasteiger partial charge in [-0.25, -0.2) is 4.79 Å². The molecule has 4 amide bonds. The molecule has 0 radical (unpaired) electrons. The molecule has 3 N–H and O–H groups in total. The molecule has 1 aliphatic rings. The average molecular weight is 598 g/mol. The molecule has 0 unspecified atom stereocenters. The largest absolute Gasteiger partial charge is 0.490 e. The molecule has 236 valence electrons. The number of aliphatic hydroxyl groups is 1. The molecule has 1 aliphatic heterocycles. The van der Waals surface area contributed by atoms with Crippen LogP contribution in [0.2, 0.25) is 0 Å². The van der Waals surface area contributed by atoms with Crippen molar-refractivity contribution in [3.63, 3.8) is 0 Å². The molecule has 0 aliphatic carbocycles. The van der Waals surface area contributed by atoms with Gasteiger partial charge in [0.1, 0.15) is 5.75 Å². The molecule has 11 heteroatoms. The maximum atomic E-state index is 14.2. The minimum atomic E-state index is -0.509. The van der Waals surface area contributed by atoms with Crippen LogP contribution < -0.4 is 15.4 Å². The zero-order valence-electron chi connectivity index (χ0n) is 26.2. The monoisotopic (exact) mass is 597 g/mol. The van der Waals surface area contributed by atoms with Crippen molar-refractivity contribution in [2.24, 2.45) is 5.92 Å². The van der Waals surface area contributed by atoms with Gasteiger partial charge in [-0.05, 0) is 77.3 Å². The Bertz CT molecular complexity index is 1210. The number of anilines is 1. The van der Waals surface area contributed by atoms with E-state index in [1.165, 1.54) is 0 Å². The number of fused-ring (bicyclic) bond motifs is 1. The summed E-state index contributed by atoms with van der Waals surface area (Å²) in [6.45, 7) is 10.3. The fourth-order valence-electron chi connectivity index (χ4n) is 4.96. The summed E-state index contributed by atoms with van der Waals surface area (Å²) < 4.78 is 12.6. The van der Waals surface area contributed by atoms with Gasteiger partial charge in [0.25, 0.3) is 11.8 Å². The van der Waals surface area contributed by atoms with Crippen molar-refractivity contribution in [1.29, 1.82) is 0 Å². The molecule has 1 aromatic heterocycles. The summed E-state index contributed by atoms with van der Waals surface area (Å²) in [5, 5.41) is 15.7. The Morgan fingerprint density at radius 1 is 1.14 bits per heavy atom. The quantitative estimate of drug-likeness (QED) is 0.436. The number of rotatable bonds is 7. The van der Waals surface area contributed by atoms with Gasteiger partial charge in [0, 0.05) is 62.3 Å². The second-order valence-corrected chi connectivity index (χ2v) is 11.7. The number of ether oxygens (including phenoxy) is 2. The molecular formula is C32H47N5O6. The summed E-state index contributed by atoms with van der Waals surface area (Å²) in [7, 11) is 1.74. The Balaban J connectivity index is 1.93. The molecule has 0 saturated heterocycles. The van der Waals surface area contributed by atoms with Crippen molar-refractivity contribution >= 4 is 23.5 Å². The molecule has 0 bridgehead atoms. The van der Waals surface area contributed by atoms with E-state index in [4.69, 9.17) is 9.47 Å². The van der Waals surface area contributed by atoms with Crippen LogP contribution in [0.4, 0.5) is 10.5 Å². The molecule has 0 fully saturated rings. The highest BCUT2D eigenvalue weighted by Crippen LogP contribution is 2.28. The van der Waals surface area contributed by atoms with E-state index in [1.807, 2.05) is 27.7 Å². The number of carbonyl (C=O) groups excluding carboxylic acids is 3. The zero-order chi connectivity index (χ0) is 31.5. The first-order valence-corrected chi connectivity index (χ1v) is 15.1. The van der Waals surface area contributed by atoms with Crippen LogP contribution in [0, 0.1) is 5.92 Å². The first-order chi connectivity index (χ1) is 20.5. The molecule has 0 spiro atoms. The van der Waals surface area contributed by atoms with Crippen molar-refractivity contribution in [1.82, 2.24) is 20.1 Å². The van der Waals surface area contributed by atoms with E-state index in [0.717, 1.165) is 19.3 Å². The lowest BCUT2D eigenvalue weighted by atomic mass is 10.0. The van der Waals surface area contributed by atoms with Gasteiger partial charge in [0.05, 0.1) is 30.4 Å². The number of nitrogens with one attached hydrogen (secondary N) is 2. The molecule has 2 heterocycles. The summed E-state index contributed by atoms with van der Waals surface area (Å²) >= 11 is 0. The third kappa shape index (κ3) is 9.93. The van der Waals surface area contributed by atoms with Crippen LogP contribution in [0.15, 0.2) is 42.7 Å². The van der Waals surface area contributed by atoms with Crippen LogP contribution in [0.1, 0.15) is 74.6 Å². The molecule has 1 aromatic carbocycles. The standard InChI is InChI=1S/C32H47N5O6/c1-21(2)34-32(41)35-26-10-11-28-27(17-26)31(40)37(23(4)20-38)18-22(3)29(42-16-8-7-9-24(5)43-28)19-36(6)30(39)25-12-14-33-15-13-25/h10-15,17,21-24,29,38H,7-9,16,18-20H2,1-6H3,(H2,34,35,41)/t22-,23-,24+,29-/m1/s1. The summed E-state index contributed by atoms with van der Waals surface area (Å²) in [5.41, 5.74) is 1.28. The lowest BCUT2D eigenvalue weighted by Gasteiger charge is -2.36. The predicted octanol–water partition coefficient (Wildman–Crippen LogP) is 4.18. The zero-order valence-corrected chi connectivity index (χ0v) is 26.2. The van der Waals surface area contributed by atoms with Gasteiger partial charge < -0.3 is 35.0 Å². The third-order valence-corrected chi connectivity index (χ3v) is 7.46. The predicted molar refractivity (Wildman–Crippen MR) is 165 cm³/mol. The lowest BCUT2D eigenvalue weighted by Crippen LogP contribution is -2.48. The minimum Gasteiger partial charge on any atom is -0.490 e. The number of aromatic nitrogens is 1. The number of urea groups is 1. The lowest BCUT2D eigenvalue weighted by molar-refractivity contribution is -0.0149. The number of aliphatic hydroxyl groups excluding tert-OH is 1. The smallest absolute Gasteiger partial charge is 0.319 e. The number of amides is 4. The molecule has 43 heavy (non-hydrogen) atoms. The van der Waals surface area contributed by atoms with Crippen molar-refractivity contribution in [3.05, 3.63) is 53.9 Å². The SMILES string of the molecule is CC(C)NC(=O)Nc1ccc2c(c1)C(=O)N([C@H](C)CO)C[C@@H](C)[C@@H](CN(C)C(=O)c1ccncc1)OCCCC[C@H](C)O2.